The highest BCUT2D eigenvalue weighted by Crippen LogP contribution is 2.70. The molecule has 3 heterocycles. The number of carbonyl (C=O) groups is 1. The van der Waals surface area contributed by atoms with Gasteiger partial charge in [-0.3, -0.25) is 10.1 Å². The topological polar surface area (TPSA) is 66.5 Å². The second kappa shape index (κ2) is 4.97. The number of carbonyl (C=O) groups excluding carboxylic acids is 1. The Morgan fingerprint density at radius 2 is 1.93 bits per heavy atom. The maximum atomic E-state index is 14.1. The van der Waals surface area contributed by atoms with Gasteiger partial charge >= 0.3 is 0 Å². The Bertz CT molecular complexity index is 1120. The van der Waals surface area contributed by atoms with Gasteiger partial charge in [0, 0.05) is 5.41 Å². The predicted molar refractivity (Wildman–Crippen MR) is 111 cm³/mol. The molecule has 3 fully saturated rings. The molecule has 5 atom stereocenters. The summed E-state index contributed by atoms with van der Waals surface area (Å²) in [6.45, 7) is 8.55. The molecule has 0 aromatic heterocycles. The summed E-state index contributed by atoms with van der Waals surface area (Å²) in [5.41, 5.74) is 2.95. The van der Waals surface area contributed by atoms with Crippen molar-refractivity contribution in [3.63, 3.8) is 0 Å². The van der Waals surface area contributed by atoms with Crippen molar-refractivity contribution in [1.29, 1.82) is 0 Å². The predicted octanol–water partition coefficient (Wildman–Crippen LogP) is 3.08. The van der Waals surface area contributed by atoms with Crippen LogP contribution >= 0.6 is 0 Å². The number of nitrogens with one attached hydrogen (secondary N) is 1. The van der Waals surface area contributed by atoms with Crippen LogP contribution < -0.4 is 5.32 Å². The zero-order valence-electron chi connectivity index (χ0n) is 17.5. The van der Waals surface area contributed by atoms with Gasteiger partial charge in [-0.25, -0.2) is 12.7 Å². The van der Waals surface area contributed by atoms with E-state index in [0.717, 1.165) is 36.0 Å². The molecular weight excluding hydrogens is 384 g/mol. The minimum absolute atomic E-state index is 0.0241. The monoisotopic (exact) mass is 412 g/mol. The molecule has 0 radical (unpaired) electrons. The third-order valence-electron chi connectivity index (χ3n) is 9.30. The van der Waals surface area contributed by atoms with Crippen LogP contribution in [0.4, 0.5) is 0 Å². The van der Waals surface area contributed by atoms with Crippen molar-refractivity contribution in [3.05, 3.63) is 46.5 Å². The number of hydrogen-bond acceptors (Lipinski definition) is 4. The van der Waals surface area contributed by atoms with Crippen molar-refractivity contribution < 1.29 is 13.2 Å². The van der Waals surface area contributed by atoms with Crippen molar-refractivity contribution in [2.45, 2.75) is 64.6 Å². The molecule has 1 aromatic rings. The van der Waals surface area contributed by atoms with E-state index in [1.807, 2.05) is 19.1 Å². The number of amides is 1. The van der Waals surface area contributed by atoms with Crippen molar-refractivity contribution in [1.82, 2.24) is 9.62 Å². The van der Waals surface area contributed by atoms with Gasteiger partial charge in [-0.1, -0.05) is 38.1 Å². The first kappa shape index (κ1) is 18.1. The molecule has 1 saturated heterocycles. The Morgan fingerprint density at radius 1 is 1.21 bits per heavy atom. The van der Waals surface area contributed by atoms with E-state index in [-0.39, 0.29) is 34.6 Å². The zero-order valence-corrected chi connectivity index (χ0v) is 18.3. The summed E-state index contributed by atoms with van der Waals surface area (Å²) >= 11 is 0. The number of hydrogen-bond donors (Lipinski definition) is 1. The highest BCUT2D eigenvalue weighted by molar-refractivity contribution is 7.90. The summed E-state index contributed by atoms with van der Waals surface area (Å²) < 4.78 is 28.1. The van der Waals surface area contributed by atoms with Gasteiger partial charge in [0.1, 0.15) is 5.54 Å². The van der Waals surface area contributed by atoms with E-state index in [1.54, 1.807) is 0 Å². The minimum atomic E-state index is -3.64. The second-order valence-electron chi connectivity index (χ2n) is 10.5. The zero-order chi connectivity index (χ0) is 20.6. The van der Waals surface area contributed by atoms with Gasteiger partial charge in [0.05, 0.1) is 17.8 Å². The summed E-state index contributed by atoms with van der Waals surface area (Å²) in [7, 11) is -3.64. The minimum Gasteiger partial charge on any atom is -0.286 e. The molecule has 1 N–H and O–H groups in total. The summed E-state index contributed by atoms with van der Waals surface area (Å²) in [4.78, 5) is 14.1. The molecule has 29 heavy (non-hydrogen) atoms. The fourth-order valence-corrected chi connectivity index (χ4v) is 9.92. The molecule has 154 valence electrons. The molecule has 2 saturated carbocycles. The molecule has 2 aliphatic carbocycles. The fourth-order valence-electron chi connectivity index (χ4n) is 7.35. The van der Waals surface area contributed by atoms with Crippen LogP contribution in [-0.4, -0.2) is 30.4 Å². The second-order valence-corrected chi connectivity index (χ2v) is 12.4. The third-order valence-corrected chi connectivity index (χ3v) is 11.2. The molecule has 5 nitrogen and oxygen atoms in total. The average Bonchev–Trinajstić information content (AvgIpc) is 3.36. The lowest BCUT2D eigenvalue weighted by Crippen LogP contribution is -2.54. The Morgan fingerprint density at radius 3 is 2.66 bits per heavy atom. The largest absolute Gasteiger partial charge is 0.286 e. The van der Waals surface area contributed by atoms with E-state index in [9.17, 15) is 13.2 Å². The molecule has 5 aliphatic rings. The third kappa shape index (κ3) is 1.83. The van der Waals surface area contributed by atoms with E-state index in [0.29, 0.717) is 5.92 Å². The maximum absolute atomic E-state index is 14.1. The molecule has 3 aliphatic heterocycles. The Hall–Kier alpha value is -1.66. The van der Waals surface area contributed by atoms with Crippen LogP contribution in [0.3, 0.4) is 0 Å². The van der Waals surface area contributed by atoms with Crippen LogP contribution in [0.15, 0.2) is 24.3 Å². The molecule has 4 bridgehead atoms. The van der Waals surface area contributed by atoms with Crippen molar-refractivity contribution in [2.75, 3.05) is 5.75 Å². The summed E-state index contributed by atoms with van der Waals surface area (Å²) in [5, 5.41) is 3.45. The van der Waals surface area contributed by atoms with Gasteiger partial charge in [-0.15, -0.1) is 0 Å². The summed E-state index contributed by atoms with van der Waals surface area (Å²) in [6, 6.07) is 3.99. The number of benzene rings is 1. The van der Waals surface area contributed by atoms with E-state index in [1.165, 1.54) is 9.87 Å². The van der Waals surface area contributed by atoms with Gasteiger partial charge in [-0.05, 0) is 66.7 Å². The number of sulfonamides is 1. The van der Waals surface area contributed by atoms with Gasteiger partial charge < -0.3 is 0 Å². The summed E-state index contributed by atoms with van der Waals surface area (Å²) in [5.74, 6) is 0.308. The molecule has 1 aromatic carbocycles. The molecular formula is C23H28N2O3S. The Balaban J connectivity index is 1.49. The first-order valence-electron chi connectivity index (χ1n) is 10.7. The first-order chi connectivity index (χ1) is 13.5. The average molecular weight is 413 g/mol. The normalized spacial score (nSPS) is 41.8. The molecule has 6 rings (SSSR count). The van der Waals surface area contributed by atoms with Crippen LogP contribution in [0.1, 0.15) is 61.4 Å². The lowest BCUT2D eigenvalue weighted by molar-refractivity contribution is -0.134. The highest BCUT2D eigenvalue weighted by Gasteiger charge is 2.73. The van der Waals surface area contributed by atoms with Crippen LogP contribution in [0.5, 0.6) is 0 Å². The molecule has 1 spiro atoms. The fraction of sp³-hybridized carbons (Fsp3) is 0.609. The Kier molecular flexibility index (Phi) is 3.11. The standard InChI is InChI=1S/C23H28N2O3S/c1-13-9-16-17(10-14(13)2)23(8-6-18(16)24-23)20(26)25-19-11-15-5-7-22(19,21(15,3)4)12-29(25,27)28/h6,8-10,15,18-19,24H,5,7,11-12H2,1-4H3/t15-,18+,19-,22-,23-/m1/s1. The molecule has 0 unspecified atom stereocenters. The molecule has 1 amide bonds. The van der Waals surface area contributed by atoms with Gasteiger partial charge in [-0.2, -0.15) is 0 Å². The van der Waals surface area contributed by atoms with Crippen LogP contribution in [0.2, 0.25) is 0 Å². The van der Waals surface area contributed by atoms with Crippen molar-refractivity contribution in [3.8, 4) is 0 Å². The van der Waals surface area contributed by atoms with Gasteiger partial charge in [0.15, 0.2) is 0 Å². The van der Waals surface area contributed by atoms with Crippen molar-refractivity contribution >= 4 is 15.9 Å². The van der Waals surface area contributed by atoms with Gasteiger partial charge in [0.2, 0.25) is 10.0 Å². The van der Waals surface area contributed by atoms with E-state index in [4.69, 9.17) is 0 Å². The number of fused-ring (bicyclic) bond motifs is 6. The molecule has 6 heteroatoms. The first-order valence-corrected chi connectivity index (χ1v) is 12.3. The summed E-state index contributed by atoms with van der Waals surface area (Å²) in [6.07, 6.45) is 6.70. The van der Waals surface area contributed by atoms with E-state index in [2.05, 4.69) is 38.2 Å². The van der Waals surface area contributed by atoms with Crippen molar-refractivity contribution in [2.24, 2.45) is 16.7 Å². The number of rotatable bonds is 1. The lowest BCUT2D eigenvalue weighted by Gasteiger charge is -2.38. The Labute approximate surface area is 172 Å². The SMILES string of the molecule is Cc1cc2c(cc1C)[C@@]1(C(=O)N3[C@@H]4C[C@H]5CC[C@]4(CS3(=O)=O)C5(C)C)C=C[C@@H]2N1. The quantitative estimate of drug-likeness (QED) is 0.720. The maximum Gasteiger partial charge on any atom is 0.265 e. The van der Waals surface area contributed by atoms with Crippen LogP contribution in [-0.2, 0) is 20.4 Å². The van der Waals surface area contributed by atoms with E-state index >= 15 is 0 Å². The van der Waals surface area contributed by atoms with Gasteiger partial charge in [0.25, 0.3) is 5.91 Å². The smallest absolute Gasteiger partial charge is 0.265 e. The number of aryl methyl sites for hydroxylation is 2. The van der Waals surface area contributed by atoms with Crippen LogP contribution in [0, 0.1) is 30.6 Å². The number of nitrogens with zero attached hydrogens (tertiary/aromatic N) is 1. The highest BCUT2D eigenvalue weighted by atomic mass is 32.2. The van der Waals surface area contributed by atoms with E-state index < -0.39 is 15.6 Å². The van der Waals surface area contributed by atoms with Crippen LogP contribution in [0.25, 0.3) is 0 Å². The lowest BCUT2D eigenvalue weighted by atomic mass is 9.69.